The molecule has 1 aromatic rings. The lowest BCUT2D eigenvalue weighted by molar-refractivity contribution is 0.592. The van der Waals surface area contributed by atoms with E-state index in [9.17, 15) is 0 Å². The summed E-state index contributed by atoms with van der Waals surface area (Å²) in [7, 11) is 0. The van der Waals surface area contributed by atoms with Crippen LogP contribution in [0.5, 0.6) is 0 Å². The van der Waals surface area contributed by atoms with Crippen LogP contribution in [0.25, 0.3) is 0 Å². The van der Waals surface area contributed by atoms with Crippen molar-refractivity contribution in [2.24, 2.45) is 5.92 Å². The Kier molecular flexibility index (Phi) is 3.31. The van der Waals surface area contributed by atoms with Crippen LogP contribution in [0.2, 0.25) is 0 Å². The third-order valence-corrected chi connectivity index (χ3v) is 2.96. The van der Waals surface area contributed by atoms with E-state index >= 15 is 0 Å². The lowest BCUT2D eigenvalue weighted by atomic mass is 10.2. The minimum Gasteiger partial charge on any atom is -0.308 e. The maximum atomic E-state index is 4.37. The summed E-state index contributed by atoms with van der Waals surface area (Å²) < 4.78 is 0. The monoisotopic (exact) mass is 205 g/mol. The van der Waals surface area contributed by atoms with Crippen LogP contribution in [0.4, 0.5) is 0 Å². The third kappa shape index (κ3) is 2.99. The normalized spacial score (nSPS) is 24.1. The molecule has 0 radical (unpaired) electrons. The number of nitrogens with zero attached hydrogens (tertiary/aromatic N) is 2. The van der Waals surface area contributed by atoms with E-state index < -0.39 is 0 Å². The van der Waals surface area contributed by atoms with E-state index in [-0.39, 0.29) is 0 Å². The fourth-order valence-corrected chi connectivity index (χ4v) is 2.03. The highest BCUT2D eigenvalue weighted by Gasteiger charge is 2.35. The number of aryl methyl sites for hydroxylation is 1. The van der Waals surface area contributed by atoms with E-state index in [0.717, 1.165) is 30.0 Å². The Labute approximate surface area is 91.3 Å². The molecule has 3 heteroatoms. The second kappa shape index (κ2) is 4.71. The van der Waals surface area contributed by atoms with Crippen molar-refractivity contribution in [3.8, 4) is 0 Å². The Morgan fingerprint density at radius 2 is 2.40 bits per heavy atom. The largest absolute Gasteiger partial charge is 0.308 e. The van der Waals surface area contributed by atoms with Crippen molar-refractivity contribution in [1.29, 1.82) is 0 Å². The minimum atomic E-state index is 0.736. The first-order valence-corrected chi connectivity index (χ1v) is 5.81. The SMILES string of the molecule is CCCC1CC1NCc1ccnc(C)n1. The van der Waals surface area contributed by atoms with Gasteiger partial charge in [0, 0.05) is 18.8 Å². The molecule has 1 N–H and O–H groups in total. The molecule has 82 valence electrons. The lowest BCUT2D eigenvalue weighted by Gasteiger charge is -2.03. The number of aromatic nitrogens is 2. The Hall–Kier alpha value is -0.960. The van der Waals surface area contributed by atoms with E-state index in [1.165, 1.54) is 19.3 Å². The van der Waals surface area contributed by atoms with Gasteiger partial charge in [-0.25, -0.2) is 9.97 Å². The van der Waals surface area contributed by atoms with E-state index in [2.05, 4.69) is 22.2 Å². The second-order valence-corrected chi connectivity index (χ2v) is 4.37. The molecule has 2 unspecified atom stereocenters. The predicted molar refractivity (Wildman–Crippen MR) is 60.4 cm³/mol. The lowest BCUT2D eigenvalue weighted by Crippen LogP contribution is -2.18. The van der Waals surface area contributed by atoms with Crippen molar-refractivity contribution >= 4 is 0 Å². The van der Waals surface area contributed by atoms with Crippen LogP contribution < -0.4 is 5.32 Å². The molecule has 0 aromatic carbocycles. The van der Waals surface area contributed by atoms with Crippen LogP contribution in [-0.4, -0.2) is 16.0 Å². The Bertz CT molecular complexity index is 324. The average molecular weight is 205 g/mol. The third-order valence-electron chi connectivity index (χ3n) is 2.96. The molecule has 1 aliphatic carbocycles. The van der Waals surface area contributed by atoms with Gasteiger partial charge in [-0.15, -0.1) is 0 Å². The Balaban J connectivity index is 1.75. The van der Waals surface area contributed by atoms with Gasteiger partial charge < -0.3 is 5.32 Å². The maximum Gasteiger partial charge on any atom is 0.125 e. The zero-order valence-electron chi connectivity index (χ0n) is 9.53. The summed E-state index contributed by atoms with van der Waals surface area (Å²) in [5.74, 6) is 1.77. The molecule has 0 amide bonds. The van der Waals surface area contributed by atoms with Gasteiger partial charge >= 0.3 is 0 Å². The van der Waals surface area contributed by atoms with Gasteiger partial charge in [-0.2, -0.15) is 0 Å². The van der Waals surface area contributed by atoms with Crippen molar-refractivity contribution in [2.45, 2.75) is 45.7 Å². The molecule has 1 saturated carbocycles. The summed E-state index contributed by atoms with van der Waals surface area (Å²) >= 11 is 0. The number of hydrogen-bond donors (Lipinski definition) is 1. The molecule has 15 heavy (non-hydrogen) atoms. The van der Waals surface area contributed by atoms with Crippen LogP contribution in [0.1, 0.15) is 37.7 Å². The molecule has 0 bridgehead atoms. The van der Waals surface area contributed by atoms with Crippen molar-refractivity contribution in [2.75, 3.05) is 0 Å². The second-order valence-electron chi connectivity index (χ2n) is 4.37. The zero-order chi connectivity index (χ0) is 10.7. The highest BCUT2D eigenvalue weighted by molar-refractivity contribution is 5.03. The fourth-order valence-electron chi connectivity index (χ4n) is 2.03. The first-order valence-electron chi connectivity index (χ1n) is 5.81. The summed E-state index contributed by atoms with van der Waals surface area (Å²) in [5, 5.41) is 3.54. The number of hydrogen-bond acceptors (Lipinski definition) is 3. The quantitative estimate of drug-likeness (QED) is 0.799. The zero-order valence-corrected chi connectivity index (χ0v) is 9.53. The molecular weight excluding hydrogens is 186 g/mol. The first kappa shape index (κ1) is 10.6. The molecule has 0 aliphatic heterocycles. The highest BCUT2D eigenvalue weighted by Crippen LogP contribution is 2.34. The van der Waals surface area contributed by atoms with E-state index in [1.807, 2.05) is 19.2 Å². The molecule has 0 saturated heterocycles. The standard InChI is InChI=1S/C12H19N3/c1-3-4-10-7-12(10)14-8-11-5-6-13-9(2)15-11/h5-6,10,12,14H,3-4,7-8H2,1-2H3. The Morgan fingerprint density at radius 3 is 3.13 bits per heavy atom. The topological polar surface area (TPSA) is 37.8 Å². The molecule has 2 atom stereocenters. The van der Waals surface area contributed by atoms with Crippen molar-refractivity contribution < 1.29 is 0 Å². The van der Waals surface area contributed by atoms with E-state index in [1.54, 1.807) is 0 Å². The van der Waals surface area contributed by atoms with Gasteiger partial charge in [-0.1, -0.05) is 13.3 Å². The Morgan fingerprint density at radius 1 is 1.53 bits per heavy atom. The molecular formula is C12H19N3. The van der Waals surface area contributed by atoms with Gasteiger partial charge in [-0.05, 0) is 31.7 Å². The molecule has 2 rings (SSSR count). The number of rotatable bonds is 5. The summed E-state index contributed by atoms with van der Waals surface area (Å²) in [6, 6.07) is 2.72. The highest BCUT2D eigenvalue weighted by atomic mass is 15.0. The van der Waals surface area contributed by atoms with Crippen molar-refractivity contribution in [1.82, 2.24) is 15.3 Å². The van der Waals surface area contributed by atoms with E-state index in [0.29, 0.717) is 0 Å². The summed E-state index contributed by atoms with van der Waals surface area (Å²) in [4.78, 5) is 8.46. The predicted octanol–water partition coefficient (Wildman–Crippen LogP) is 2.06. The van der Waals surface area contributed by atoms with Gasteiger partial charge in [0.15, 0.2) is 0 Å². The van der Waals surface area contributed by atoms with Crippen LogP contribution in [0.3, 0.4) is 0 Å². The summed E-state index contributed by atoms with van der Waals surface area (Å²) in [6.45, 7) is 5.07. The van der Waals surface area contributed by atoms with Gasteiger partial charge in [0.2, 0.25) is 0 Å². The van der Waals surface area contributed by atoms with Crippen molar-refractivity contribution in [3.63, 3.8) is 0 Å². The summed E-state index contributed by atoms with van der Waals surface area (Å²) in [6.07, 6.45) is 5.84. The first-order chi connectivity index (χ1) is 7.29. The molecule has 1 heterocycles. The van der Waals surface area contributed by atoms with Gasteiger partial charge in [0.25, 0.3) is 0 Å². The maximum absolute atomic E-state index is 4.37. The van der Waals surface area contributed by atoms with Gasteiger partial charge in [0.05, 0.1) is 5.69 Å². The van der Waals surface area contributed by atoms with Crippen molar-refractivity contribution in [3.05, 3.63) is 23.8 Å². The smallest absolute Gasteiger partial charge is 0.125 e. The van der Waals surface area contributed by atoms with Crippen LogP contribution in [-0.2, 0) is 6.54 Å². The van der Waals surface area contributed by atoms with Crippen LogP contribution in [0, 0.1) is 12.8 Å². The fraction of sp³-hybridized carbons (Fsp3) is 0.667. The molecule has 3 nitrogen and oxygen atoms in total. The van der Waals surface area contributed by atoms with Crippen LogP contribution >= 0.6 is 0 Å². The van der Waals surface area contributed by atoms with Gasteiger partial charge in [0.1, 0.15) is 5.82 Å². The molecule has 0 spiro atoms. The summed E-state index contributed by atoms with van der Waals surface area (Å²) in [5.41, 5.74) is 1.10. The van der Waals surface area contributed by atoms with Gasteiger partial charge in [-0.3, -0.25) is 0 Å². The minimum absolute atomic E-state index is 0.736. The van der Waals surface area contributed by atoms with E-state index in [4.69, 9.17) is 0 Å². The molecule has 1 aliphatic rings. The molecule has 1 aromatic heterocycles. The van der Waals surface area contributed by atoms with Crippen LogP contribution in [0.15, 0.2) is 12.3 Å². The molecule has 1 fully saturated rings. The average Bonchev–Trinajstić information content (AvgIpc) is 2.95. The number of nitrogens with one attached hydrogen (secondary N) is 1.